The lowest BCUT2D eigenvalue weighted by molar-refractivity contribution is -0.138. The maximum absolute atomic E-state index is 13.4. The molecule has 7 nitrogen and oxygen atoms in total. The molecule has 2 aliphatic rings. The first-order valence-corrected chi connectivity index (χ1v) is 12.7. The number of benzene rings is 2. The smallest absolute Gasteiger partial charge is 0.242 e. The molecule has 0 atom stereocenters. The van der Waals surface area contributed by atoms with E-state index in [-0.39, 0.29) is 24.3 Å². The van der Waals surface area contributed by atoms with Crippen molar-refractivity contribution in [1.29, 1.82) is 0 Å². The van der Waals surface area contributed by atoms with E-state index in [1.807, 2.05) is 35.2 Å². The third-order valence-corrected chi connectivity index (χ3v) is 6.96. The van der Waals surface area contributed by atoms with E-state index in [9.17, 15) is 14.4 Å². The van der Waals surface area contributed by atoms with Crippen molar-refractivity contribution in [1.82, 2.24) is 14.7 Å². The second-order valence-electron chi connectivity index (χ2n) is 9.29. The van der Waals surface area contributed by atoms with Gasteiger partial charge in [-0.2, -0.15) is 0 Å². The van der Waals surface area contributed by atoms with Crippen LogP contribution in [-0.2, 0) is 27.5 Å². The number of likely N-dealkylation sites (tertiary alicyclic amines) is 1. The highest BCUT2D eigenvalue weighted by molar-refractivity contribution is 6.31. The molecule has 4 rings (SSSR count). The largest absolute Gasteiger partial charge is 0.335 e. The van der Waals surface area contributed by atoms with Crippen LogP contribution in [0.25, 0.3) is 0 Å². The van der Waals surface area contributed by atoms with E-state index in [4.69, 9.17) is 11.6 Å². The molecule has 2 aliphatic heterocycles. The molecule has 0 aromatic heterocycles. The summed E-state index contributed by atoms with van der Waals surface area (Å²) in [6, 6.07) is 15.8. The first-order chi connectivity index (χ1) is 16.9. The fraction of sp³-hybridized carbons (Fsp3) is 0.444. The van der Waals surface area contributed by atoms with Gasteiger partial charge in [0.15, 0.2) is 0 Å². The molecular formula is C27H33ClN4O3. The van der Waals surface area contributed by atoms with Gasteiger partial charge in [-0.15, -0.1) is 0 Å². The van der Waals surface area contributed by atoms with Crippen molar-refractivity contribution in [2.75, 3.05) is 44.2 Å². The molecule has 2 heterocycles. The topological polar surface area (TPSA) is 64.2 Å². The summed E-state index contributed by atoms with van der Waals surface area (Å²) in [5, 5.41) is 0.552. The van der Waals surface area contributed by atoms with Crippen LogP contribution < -0.4 is 4.90 Å². The van der Waals surface area contributed by atoms with Gasteiger partial charge in [-0.3, -0.25) is 19.3 Å². The standard InChI is InChI=1S/C27H33ClN4O3/c1-21(33)32-14-6-12-29(18-22-7-3-2-4-8-22)15-16-31(19-23-10-11-24(28)17-25(23)32)27(35)20-30-13-5-9-26(30)34/h2-4,7-8,10-11,17H,5-6,9,12-16,18-20H2,1H3. The van der Waals surface area contributed by atoms with Gasteiger partial charge in [0, 0.05) is 64.2 Å². The van der Waals surface area contributed by atoms with Crippen LogP contribution in [-0.4, -0.2) is 71.7 Å². The second-order valence-corrected chi connectivity index (χ2v) is 9.73. The Bertz CT molecular complexity index is 1060. The van der Waals surface area contributed by atoms with Gasteiger partial charge in [0.1, 0.15) is 0 Å². The molecule has 1 saturated heterocycles. The summed E-state index contributed by atoms with van der Waals surface area (Å²) in [6.07, 6.45) is 2.10. The molecule has 0 radical (unpaired) electrons. The highest BCUT2D eigenvalue weighted by Crippen LogP contribution is 2.28. The monoisotopic (exact) mass is 496 g/mol. The van der Waals surface area contributed by atoms with Crippen LogP contribution >= 0.6 is 11.6 Å². The summed E-state index contributed by atoms with van der Waals surface area (Å²) in [6.45, 7) is 6.02. The zero-order valence-electron chi connectivity index (χ0n) is 20.3. The van der Waals surface area contributed by atoms with Gasteiger partial charge in [-0.05, 0) is 36.1 Å². The average molecular weight is 497 g/mol. The van der Waals surface area contributed by atoms with Gasteiger partial charge in [-0.25, -0.2) is 0 Å². The van der Waals surface area contributed by atoms with Gasteiger partial charge < -0.3 is 14.7 Å². The Kier molecular flexibility index (Phi) is 8.42. The number of anilines is 1. The van der Waals surface area contributed by atoms with Crippen molar-refractivity contribution >= 4 is 35.0 Å². The van der Waals surface area contributed by atoms with Crippen LogP contribution in [0.3, 0.4) is 0 Å². The number of fused-ring (bicyclic) bond motifs is 1. The van der Waals surface area contributed by atoms with Crippen LogP contribution in [0.5, 0.6) is 0 Å². The Labute approximate surface area is 212 Å². The maximum atomic E-state index is 13.4. The number of carbonyl (C=O) groups is 3. The third kappa shape index (κ3) is 6.61. The molecule has 2 aromatic rings. The van der Waals surface area contributed by atoms with E-state index in [0.717, 1.165) is 37.2 Å². The van der Waals surface area contributed by atoms with Crippen LogP contribution in [0.4, 0.5) is 5.69 Å². The number of halogens is 1. The quantitative estimate of drug-likeness (QED) is 0.649. The van der Waals surface area contributed by atoms with E-state index in [1.54, 1.807) is 22.8 Å². The van der Waals surface area contributed by atoms with E-state index in [0.29, 0.717) is 44.2 Å². The molecule has 8 heteroatoms. The van der Waals surface area contributed by atoms with E-state index in [1.165, 1.54) is 5.56 Å². The van der Waals surface area contributed by atoms with Crippen molar-refractivity contribution in [3.63, 3.8) is 0 Å². The minimum atomic E-state index is -0.0746. The molecule has 0 unspecified atom stereocenters. The summed E-state index contributed by atoms with van der Waals surface area (Å²) in [7, 11) is 0. The Morgan fingerprint density at radius 2 is 1.74 bits per heavy atom. The number of hydrogen-bond acceptors (Lipinski definition) is 4. The molecule has 0 spiro atoms. The van der Waals surface area contributed by atoms with Crippen molar-refractivity contribution in [3.05, 3.63) is 64.7 Å². The molecule has 35 heavy (non-hydrogen) atoms. The van der Waals surface area contributed by atoms with Crippen molar-refractivity contribution < 1.29 is 14.4 Å². The van der Waals surface area contributed by atoms with Gasteiger partial charge >= 0.3 is 0 Å². The van der Waals surface area contributed by atoms with Crippen LogP contribution in [0, 0.1) is 0 Å². The number of hydrogen-bond donors (Lipinski definition) is 0. The fourth-order valence-electron chi connectivity index (χ4n) is 4.83. The Morgan fingerprint density at radius 3 is 2.46 bits per heavy atom. The zero-order chi connectivity index (χ0) is 24.8. The molecular weight excluding hydrogens is 464 g/mol. The maximum Gasteiger partial charge on any atom is 0.242 e. The summed E-state index contributed by atoms with van der Waals surface area (Å²) in [5.41, 5.74) is 2.83. The molecule has 0 bridgehead atoms. The predicted molar refractivity (Wildman–Crippen MR) is 137 cm³/mol. The molecule has 0 N–H and O–H groups in total. The first-order valence-electron chi connectivity index (χ1n) is 12.3. The summed E-state index contributed by atoms with van der Waals surface area (Å²) < 4.78 is 0. The molecule has 3 amide bonds. The summed E-state index contributed by atoms with van der Waals surface area (Å²) in [5.74, 6) is -0.0887. The minimum Gasteiger partial charge on any atom is -0.335 e. The van der Waals surface area contributed by atoms with E-state index < -0.39 is 0 Å². The molecule has 2 aromatic carbocycles. The summed E-state index contributed by atoms with van der Waals surface area (Å²) >= 11 is 6.32. The highest BCUT2D eigenvalue weighted by atomic mass is 35.5. The zero-order valence-corrected chi connectivity index (χ0v) is 21.0. The van der Waals surface area contributed by atoms with Crippen molar-refractivity contribution in [3.8, 4) is 0 Å². The average Bonchev–Trinajstić information content (AvgIpc) is 3.22. The van der Waals surface area contributed by atoms with Gasteiger partial charge in [0.05, 0.1) is 12.2 Å². The fourth-order valence-corrected chi connectivity index (χ4v) is 4.99. The number of amides is 3. The molecule has 186 valence electrons. The lowest BCUT2D eigenvalue weighted by Crippen LogP contribution is -2.43. The predicted octanol–water partition coefficient (Wildman–Crippen LogP) is 3.55. The minimum absolute atomic E-state index is 0.0388. The van der Waals surface area contributed by atoms with Gasteiger partial charge in [0.25, 0.3) is 0 Å². The van der Waals surface area contributed by atoms with E-state index >= 15 is 0 Å². The Morgan fingerprint density at radius 1 is 0.943 bits per heavy atom. The first kappa shape index (κ1) is 25.2. The van der Waals surface area contributed by atoms with Gasteiger partial charge in [0.2, 0.25) is 17.7 Å². The molecule has 0 saturated carbocycles. The van der Waals surface area contributed by atoms with Crippen LogP contribution in [0.15, 0.2) is 48.5 Å². The van der Waals surface area contributed by atoms with Crippen molar-refractivity contribution in [2.45, 2.75) is 39.3 Å². The summed E-state index contributed by atoms with van der Waals surface area (Å²) in [4.78, 5) is 45.8. The Hall–Kier alpha value is -2.90. The van der Waals surface area contributed by atoms with Gasteiger partial charge in [-0.1, -0.05) is 48.0 Å². The number of nitrogens with zero attached hydrogens (tertiary/aromatic N) is 4. The normalized spacial score (nSPS) is 17.8. The van der Waals surface area contributed by atoms with E-state index in [2.05, 4.69) is 17.0 Å². The molecule has 0 aliphatic carbocycles. The van der Waals surface area contributed by atoms with Crippen molar-refractivity contribution in [2.24, 2.45) is 0 Å². The lowest BCUT2D eigenvalue weighted by atomic mass is 10.1. The lowest BCUT2D eigenvalue weighted by Gasteiger charge is -2.29. The third-order valence-electron chi connectivity index (χ3n) is 6.72. The second kappa shape index (κ2) is 11.7. The molecule has 1 fully saturated rings. The van der Waals surface area contributed by atoms with Crippen LogP contribution in [0.2, 0.25) is 5.02 Å². The number of rotatable bonds is 4. The number of carbonyl (C=O) groups excluding carboxylic acids is 3. The Balaban J connectivity index is 1.61. The highest BCUT2D eigenvalue weighted by Gasteiger charge is 2.27. The SMILES string of the molecule is CC(=O)N1CCCN(Cc2ccccc2)CCN(C(=O)CN2CCCC2=O)Cc2ccc(Cl)cc21. The van der Waals surface area contributed by atoms with Crippen LogP contribution in [0.1, 0.15) is 37.3 Å².